The van der Waals surface area contributed by atoms with Crippen molar-refractivity contribution in [3.63, 3.8) is 0 Å². The average molecular weight is 867 g/mol. The van der Waals surface area contributed by atoms with Crippen molar-refractivity contribution < 1.29 is 19.5 Å². The van der Waals surface area contributed by atoms with Crippen molar-refractivity contribution in [1.29, 1.82) is 0 Å². The quantitative estimate of drug-likeness (QED) is 0.150. The van der Waals surface area contributed by atoms with Gasteiger partial charge in [-0.3, -0.25) is 14.4 Å². The lowest BCUT2D eigenvalue weighted by Gasteiger charge is -2.19. The van der Waals surface area contributed by atoms with Crippen molar-refractivity contribution in [1.82, 2.24) is 68.8 Å². The van der Waals surface area contributed by atoms with Crippen LogP contribution in [0.5, 0.6) is 0 Å². The lowest BCUT2D eigenvalue weighted by molar-refractivity contribution is 0.0923. The highest BCUT2D eigenvalue weighted by Crippen LogP contribution is 2.46. The van der Waals surface area contributed by atoms with Gasteiger partial charge in [0, 0.05) is 87.6 Å². The smallest absolute Gasteiger partial charge is 0.272 e. The Labute approximate surface area is 368 Å². The second kappa shape index (κ2) is 16.1. The third kappa shape index (κ3) is 7.68. The van der Waals surface area contributed by atoms with Crippen LogP contribution < -0.4 is 20.4 Å². The minimum atomic E-state index is -0.234. The third-order valence-electron chi connectivity index (χ3n) is 13.8. The van der Waals surface area contributed by atoms with E-state index < -0.39 is 0 Å². The van der Waals surface area contributed by atoms with Crippen molar-refractivity contribution >= 4 is 30.0 Å². The fourth-order valence-electron chi connectivity index (χ4n) is 10.0. The van der Waals surface area contributed by atoms with E-state index in [1.165, 1.54) is 18.5 Å². The number of aromatic nitrogens is 12. The van der Waals surface area contributed by atoms with E-state index in [0.717, 1.165) is 104 Å². The fourth-order valence-corrected chi connectivity index (χ4v) is 10.0. The summed E-state index contributed by atoms with van der Waals surface area (Å²) in [6.07, 6.45) is 20.5. The molecule has 2 saturated carbocycles. The van der Waals surface area contributed by atoms with Crippen LogP contribution in [-0.2, 0) is 46.6 Å². The molecule has 330 valence electrons. The van der Waals surface area contributed by atoms with Gasteiger partial charge in [0.25, 0.3) is 11.8 Å². The molecule has 0 spiro atoms. The molecule has 0 radical (unpaired) electrons. The number of amides is 2. The number of hydrogen-bond donors (Lipinski definition) is 3. The first-order valence-corrected chi connectivity index (χ1v) is 22.1. The molecule has 20 heteroatoms. The molecule has 6 aliphatic rings. The van der Waals surface area contributed by atoms with Gasteiger partial charge in [-0.05, 0) is 62.2 Å². The van der Waals surface area contributed by atoms with Gasteiger partial charge in [-0.15, -0.1) is 0 Å². The van der Waals surface area contributed by atoms with Crippen molar-refractivity contribution in [3.05, 3.63) is 107 Å². The summed E-state index contributed by atoms with van der Waals surface area (Å²) < 4.78 is 7.60. The molecule has 20 nitrogen and oxygen atoms in total. The Kier molecular flexibility index (Phi) is 10.0. The lowest BCUT2D eigenvalue weighted by atomic mass is 10.2. The zero-order valence-corrected chi connectivity index (χ0v) is 35.8. The second-order valence-electron chi connectivity index (χ2n) is 18.2. The van der Waals surface area contributed by atoms with Gasteiger partial charge in [-0.1, -0.05) is 0 Å². The van der Waals surface area contributed by atoms with E-state index in [2.05, 4.69) is 60.3 Å². The summed E-state index contributed by atoms with van der Waals surface area (Å²) >= 11 is 0. The number of piperidine rings is 2. The zero-order valence-electron chi connectivity index (χ0n) is 35.8. The lowest BCUT2D eigenvalue weighted by Crippen LogP contribution is -2.27. The van der Waals surface area contributed by atoms with Gasteiger partial charge in [0.15, 0.2) is 6.29 Å². The van der Waals surface area contributed by atoms with E-state index in [4.69, 9.17) is 0 Å². The normalized spacial score (nSPS) is 23.2. The molecular formula is C44H50N16O4. The number of nitrogens with one attached hydrogen (secondary N) is 2. The Bertz CT molecular complexity index is 2750. The van der Waals surface area contributed by atoms with Crippen LogP contribution in [0.4, 0.5) is 11.9 Å². The van der Waals surface area contributed by atoms with E-state index in [9.17, 15) is 19.5 Å². The summed E-state index contributed by atoms with van der Waals surface area (Å²) in [5.74, 6) is 3.99. The first-order chi connectivity index (χ1) is 31.2. The average Bonchev–Trinajstić information content (AvgIpc) is 3.92. The SMILES string of the molecule is Cn1cnc2c1CC[C@H]2NC(=O)c1cn(Cc2cnc(N3CC4CC4C3)nc2C=O)cn1.Cn1cnc2c1CC[C@H]2NC(=O)c1cn(Cc2cnc(N3CC4CC4C3)nc2CO)cn1. The number of imidazole rings is 4. The fraction of sp³-hybridized carbons (Fsp3) is 0.477. The van der Waals surface area contributed by atoms with E-state index in [-0.39, 0.29) is 30.5 Å². The van der Waals surface area contributed by atoms with Gasteiger partial charge < -0.3 is 43.8 Å². The molecule has 6 aromatic heterocycles. The summed E-state index contributed by atoms with van der Waals surface area (Å²) in [5.41, 5.74) is 7.41. The van der Waals surface area contributed by atoms with E-state index >= 15 is 0 Å². The molecule has 2 saturated heterocycles. The number of rotatable bonds is 12. The molecule has 4 aliphatic carbocycles. The molecule has 2 amide bonds. The summed E-state index contributed by atoms with van der Waals surface area (Å²) in [6.45, 7) is 4.63. The van der Waals surface area contributed by atoms with Gasteiger partial charge in [0.2, 0.25) is 11.9 Å². The number of carbonyl (C=O) groups is 3. The van der Waals surface area contributed by atoms with Crippen LogP contribution in [0.25, 0.3) is 0 Å². The van der Waals surface area contributed by atoms with E-state index in [0.29, 0.717) is 53.3 Å². The van der Waals surface area contributed by atoms with Crippen LogP contribution in [0, 0.1) is 23.7 Å². The topological polar surface area (TPSA) is 225 Å². The summed E-state index contributed by atoms with van der Waals surface area (Å²) in [4.78, 5) is 77.0. The van der Waals surface area contributed by atoms with Gasteiger partial charge in [0.05, 0.1) is 74.2 Å². The van der Waals surface area contributed by atoms with E-state index in [1.807, 2.05) is 27.8 Å². The third-order valence-corrected chi connectivity index (χ3v) is 13.8. The minimum absolute atomic E-state index is 0.0811. The molecule has 2 aliphatic heterocycles. The highest BCUT2D eigenvalue weighted by molar-refractivity contribution is 5.93. The summed E-state index contributed by atoms with van der Waals surface area (Å²) in [5, 5.41) is 15.9. The molecule has 4 fully saturated rings. The van der Waals surface area contributed by atoms with Gasteiger partial charge in [-0.25, -0.2) is 39.9 Å². The maximum Gasteiger partial charge on any atom is 0.272 e. The number of nitrogens with zero attached hydrogens (tertiary/aromatic N) is 14. The molecule has 4 unspecified atom stereocenters. The maximum atomic E-state index is 12.7. The standard InChI is InChI=1S/C22H26N8O2.C22H24N8O2/c2*1-28-11-25-20-16(2-3-19(20)28)26-21(32)17-9-29(12-24-17)6-15-5-23-22(27-18(15)10-31)30-7-13-4-14(13)8-30/h5,9,11-14,16,31H,2-4,6-8,10H2,1H3,(H,26,32);5,9-14,16H,2-4,6-8H2,1H3,(H,26,32)/t2*13?,14?,16-/m11/s1. The molecular weight excluding hydrogens is 817 g/mol. The van der Waals surface area contributed by atoms with Crippen molar-refractivity contribution in [3.8, 4) is 0 Å². The van der Waals surface area contributed by atoms with Crippen LogP contribution in [0.1, 0.15) is 109 Å². The Morgan fingerprint density at radius 2 is 1.16 bits per heavy atom. The number of fused-ring (bicyclic) bond motifs is 4. The predicted octanol–water partition coefficient (Wildman–Crippen LogP) is 1.96. The minimum Gasteiger partial charge on any atom is -0.390 e. The number of aliphatic hydroxyl groups is 1. The molecule has 3 N–H and O–H groups in total. The number of aryl methyl sites for hydroxylation is 2. The first-order valence-electron chi connectivity index (χ1n) is 22.1. The summed E-state index contributed by atoms with van der Waals surface area (Å²) in [6, 6.07) is -0.175. The largest absolute Gasteiger partial charge is 0.390 e. The number of hydrogen-bond acceptors (Lipinski definition) is 14. The van der Waals surface area contributed by atoms with Crippen LogP contribution in [0.3, 0.4) is 0 Å². The van der Waals surface area contributed by atoms with Crippen molar-refractivity contribution in [2.75, 3.05) is 36.0 Å². The predicted molar refractivity (Wildman–Crippen MR) is 229 cm³/mol. The van der Waals surface area contributed by atoms with E-state index in [1.54, 1.807) is 54.7 Å². The maximum absolute atomic E-state index is 12.7. The Hall–Kier alpha value is -6.83. The van der Waals surface area contributed by atoms with Crippen LogP contribution in [-0.4, -0.2) is 108 Å². The van der Waals surface area contributed by atoms with Gasteiger partial charge >= 0.3 is 0 Å². The Morgan fingerprint density at radius 1 is 0.672 bits per heavy atom. The number of anilines is 2. The molecule has 0 bridgehead atoms. The second-order valence-corrected chi connectivity index (χ2v) is 18.2. The molecule has 6 atom stereocenters. The molecule has 12 rings (SSSR count). The van der Waals surface area contributed by atoms with Crippen molar-refractivity contribution in [2.24, 2.45) is 37.8 Å². The molecule has 0 aromatic carbocycles. The van der Waals surface area contributed by atoms with Crippen LogP contribution >= 0.6 is 0 Å². The zero-order chi connectivity index (χ0) is 43.6. The highest BCUT2D eigenvalue weighted by atomic mass is 16.3. The summed E-state index contributed by atoms with van der Waals surface area (Å²) in [7, 11) is 3.94. The Morgan fingerprint density at radius 3 is 1.66 bits per heavy atom. The van der Waals surface area contributed by atoms with Crippen LogP contribution in [0.15, 0.2) is 50.1 Å². The first kappa shape index (κ1) is 40.0. The number of aldehydes is 1. The molecule has 6 aromatic rings. The van der Waals surface area contributed by atoms with Crippen LogP contribution in [0.2, 0.25) is 0 Å². The molecule has 8 heterocycles. The molecule has 64 heavy (non-hydrogen) atoms. The van der Waals surface area contributed by atoms with Gasteiger partial charge in [0.1, 0.15) is 17.1 Å². The highest BCUT2D eigenvalue weighted by Gasteiger charge is 2.47. The van der Waals surface area contributed by atoms with Crippen molar-refractivity contribution in [2.45, 2.75) is 70.3 Å². The van der Waals surface area contributed by atoms with Gasteiger partial charge in [-0.2, -0.15) is 0 Å². The number of carbonyl (C=O) groups excluding carboxylic acids is 3. The monoisotopic (exact) mass is 866 g/mol. The Balaban J connectivity index is 0.000000143. The number of aliphatic hydroxyl groups excluding tert-OH is 1.